The molecule has 0 aliphatic heterocycles. The van der Waals surface area contributed by atoms with Gasteiger partial charge in [-0.3, -0.25) is 10.1 Å². The summed E-state index contributed by atoms with van der Waals surface area (Å²) in [6, 6.07) is 1.18. The zero-order valence-corrected chi connectivity index (χ0v) is 6.33. The van der Waals surface area contributed by atoms with E-state index in [4.69, 9.17) is 5.11 Å². The molecule has 0 saturated heterocycles. The molecule has 0 aliphatic carbocycles. The lowest BCUT2D eigenvalue weighted by atomic mass is 10.2. The van der Waals surface area contributed by atoms with Gasteiger partial charge in [-0.1, -0.05) is 0 Å². The van der Waals surface area contributed by atoms with E-state index in [0.29, 0.717) is 12.1 Å². The van der Waals surface area contributed by atoms with Gasteiger partial charge in [0.1, 0.15) is 5.82 Å². The molecule has 0 fully saturated rings. The summed E-state index contributed by atoms with van der Waals surface area (Å²) < 4.78 is 25.5. The minimum absolute atomic E-state index is 0.424. The molecule has 1 aromatic rings. The molecule has 0 spiro atoms. The Bertz CT molecular complexity index is 354. The van der Waals surface area contributed by atoms with Gasteiger partial charge in [-0.2, -0.15) is 4.39 Å². The molecule has 70 valence electrons. The van der Waals surface area contributed by atoms with Crippen molar-refractivity contribution in [2.45, 2.75) is 6.61 Å². The summed E-state index contributed by atoms with van der Waals surface area (Å²) in [5.74, 6) is -2.15. The SMILES string of the molecule is O=[N+]([O-])c1cc(F)cc(CO)c1F. The maximum absolute atomic E-state index is 12.9. The molecule has 1 N–H and O–H groups in total. The Morgan fingerprint density at radius 2 is 2.08 bits per heavy atom. The summed E-state index contributed by atoms with van der Waals surface area (Å²) >= 11 is 0. The van der Waals surface area contributed by atoms with E-state index in [1.807, 2.05) is 0 Å². The third-order valence-corrected chi connectivity index (χ3v) is 1.46. The van der Waals surface area contributed by atoms with Crippen molar-refractivity contribution in [3.63, 3.8) is 0 Å². The largest absolute Gasteiger partial charge is 0.392 e. The lowest BCUT2D eigenvalue weighted by molar-refractivity contribution is -0.387. The van der Waals surface area contributed by atoms with Gasteiger partial charge in [-0.25, -0.2) is 4.39 Å². The predicted octanol–water partition coefficient (Wildman–Crippen LogP) is 1.37. The van der Waals surface area contributed by atoms with E-state index in [1.54, 1.807) is 0 Å². The summed E-state index contributed by atoms with van der Waals surface area (Å²) in [6.07, 6.45) is 0. The Kier molecular flexibility index (Phi) is 2.52. The third kappa shape index (κ3) is 1.78. The zero-order chi connectivity index (χ0) is 10.0. The first-order valence-corrected chi connectivity index (χ1v) is 3.29. The van der Waals surface area contributed by atoms with Crippen LogP contribution in [0.25, 0.3) is 0 Å². The van der Waals surface area contributed by atoms with Gasteiger partial charge >= 0.3 is 5.69 Å². The first-order valence-electron chi connectivity index (χ1n) is 3.29. The molecule has 1 aromatic carbocycles. The highest BCUT2D eigenvalue weighted by molar-refractivity contribution is 5.37. The van der Waals surface area contributed by atoms with E-state index >= 15 is 0 Å². The lowest BCUT2D eigenvalue weighted by Gasteiger charge is -1.99. The van der Waals surface area contributed by atoms with Crippen LogP contribution in [0.5, 0.6) is 0 Å². The fourth-order valence-electron chi connectivity index (χ4n) is 0.878. The van der Waals surface area contributed by atoms with Gasteiger partial charge in [0.2, 0.25) is 5.82 Å². The second-order valence-corrected chi connectivity index (χ2v) is 2.31. The predicted molar refractivity (Wildman–Crippen MR) is 38.9 cm³/mol. The Balaban J connectivity index is 3.35. The highest BCUT2D eigenvalue weighted by Gasteiger charge is 2.19. The quantitative estimate of drug-likeness (QED) is 0.564. The molecule has 0 saturated carbocycles. The zero-order valence-electron chi connectivity index (χ0n) is 6.33. The standard InChI is InChI=1S/C7H5F2NO3/c8-5-1-4(3-11)7(9)6(2-5)10(12)13/h1-2,11H,3H2. The van der Waals surface area contributed by atoms with Crippen LogP contribution in [-0.4, -0.2) is 10.0 Å². The van der Waals surface area contributed by atoms with E-state index in [9.17, 15) is 18.9 Å². The number of rotatable bonds is 2. The van der Waals surface area contributed by atoms with Crippen molar-refractivity contribution in [1.82, 2.24) is 0 Å². The van der Waals surface area contributed by atoms with Crippen LogP contribution in [0, 0.1) is 21.7 Å². The molecule has 1 rings (SSSR count). The molecule has 0 bridgehead atoms. The Morgan fingerprint density at radius 1 is 1.46 bits per heavy atom. The van der Waals surface area contributed by atoms with Crippen LogP contribution in [0.2, 0.25) is 0 Å². The number of aliphatic hydroxyl groups is 1. The highest BCUT2D eigenvalue weighted by Crippen LogP contribution is 2.22. The van der Waals surface area contributed by atoms with Crippen molar-refractivity contribution < 1.29 is 18.8 Å². The Labute approximate surface area is 71.6 Å². The summed E-state index contributed by atoms with van der Waals surface area (Å²) in [5, 5.41) is 18.7. The normalized spacial score (nSPS) is 10.1. The molecular weight excluding hydrogens is 184 g/mol. The molecule has 0 aliphatic rings. The number of nitrogens with zero attached hydrogens (tertiary/aromatic N) is 1. The maximum Gasteiger partial charge on any atom is 0.308 e. The minimum Gasteiger partial charge on any atom is -0.392 e. The molecule has 6 heteroatoms. The average molecular weight is 189 g/mol. The van der Waals surface area contributed by atoms with E-state index in [0.717, 1.165) is 0 Å². The Hall–Kier alpha value is -1.56. The van der Waals surface area contributed by atoms with Gasteiger partial charge in [0, 0.05) is 5.56 Å². The van der Waals surface area contributed by atoms with Crippen LogP contribution in [0.1, 0.15) is 5.56 Å². The topological polar surface area (TPSA) is 63.4 Å². The molecule has 0 heterocycles. The molecule has 0 radical (unpaired) electrons. The average Bonchev–Trinajstić information content (AvgIpc) is 2.08. The molecule has 4 nitrogen and oxygen atoms in total. The number of nitro benzene ring substituents is 1. The Morgan fingerprint density at radius 3 is 2.54 bits per heavy atom. The van der Waals surface area contributed by atoms with E-state index in [2.05, 4.69) is 0 Å². The van der Waals surface area contributed by atoms with Crippen molar-refractivity contribution >= 4 is 5.69 Å². The number of halogens is 2. The lowest BCUT2D eigenvalue weighted by Crippen LogP contribution is -1.99. The maximum atomic E-state index is 12.9. The molecular formula is C7H5F2NO3. The van der Waals surface area contributed by atoms with Gasteiger partial charge in [0.25, 0.3) is 0 Å². The molecule has 0 atom stereocenters. The van der Waals surface area contributed by atoms with Crippen molar-refractivity contribution in [3.05, 3.63) is 39.4 Å². The van der Waals surface area contributed by atoms with Crippen LogP contribution in [0.4, 0.5) is 14.5 Å². The monoisotopic (exact) mass is 189 g/mol. The highest BCUT2D eigenvalue weighted by atomic mass is 19.1. The summed E-state index contributed by atoms with van der Waals surface area (Å²) in [4.78, 5) is 9.12. The molecule has 0 unspecified atom stereocenters. The first kappa shape index (κ1) is 9.53. The third-order valence-electron chi connectivity index (χ3n) is 1.46. The van der Waals surface area contributed by atoms with Crippen LogP contribution in [-0.2, 0) is 6.61 Å². The molecule has 13 heavy (non-hydrogen) atoms. The number of hydrogen-bond donors (Lipinski definition) is 1. The molecule has 0 amide bonds. The van der Waals surface area contributed by atoms with Gasteiger partial charge < -0.3 is 5.11 Å². The minimum atomic E-state index is -1.20. The summed E-state index contributed by atoms with van der Waals surface area (Å²) in [7, 11) is 0. The number of aliphatic hydroxyl groups excluding tert-OH is 1. The van der Waals surface area contributed by atoms with Gasteiger partial charge in [0.15, 0.2) is 0 Å². The van der Waals surface area contributed by atoms with E-state index in [-0.39, 0.29) is 0 Å². The smallest absolute Gasteiger partial charge is 0.308 e. The van der Waals surface area contributed by atoms with Crippen molar-refractivity contribution in [3.8, 4) is 0 Å². The van der Waals surface area contributed by atoms with Crippen molar-refractivity contribution in [1.29, 1.82) is 0 Å². The first-order chi connectivity index (χ1) is 6.06. The second kappa shape index (κ2) is 3.44. The van der Waals surface area contributed by atoms with Crippen LogP contribution in [0.15, 0.2) is 12.1 Å². The van der Waals surface area contributed by atoms with Crippen LogP contribution < -0.4 is 0 Å². The van der Waals surface area contributed by atoms with Gasteiger partial charge in [0.05, 0.1) is 17.6 Å². The number of nitro groups is 1. The fourth-order valence-corrected chi connectivity index (χ4v) is 0.878. The van der Waals surface area contributed by atoms with E-state index in [1.165, 1.54) is 0 Å². The van der Waals surface area contributed by atoms with E-state index < -0.39 is 34.4 Å². The number of hydrogen-bond acceptors (Lipinski definition) is 3. The second-order valence-electron chi connectivity index (χ2n) is 2.31. The van der Waals surface area contributed by atoms with Crippen LogP contribution >= 0.6 is 0 Å². The fraction of sp³-hybridized carbons (Fsp3) is 0.143. The van der Waals surface area contributed by atoms with Gasteiger partial charge in [-0.15, -0.1) is 0 Å². The van der Waals surface area contributed by atoms with Crippen LogP contribution in [0.3, 0.4) is 0 Å². The van der Waals surface area contributed by atoms with Gasteiger partial charge in [-0.05, 0) is 6.07 Å². The summed E-state index contributed by atoms with van der Waals surface area (Å²) in [5.41, 5.74) is -1.39. The molecule has 0 aromatic heterocycles. The van der Waals surface area contributed by atoms with Crippen molar-refractivity contribution in [2.24, 2.45) is 0 Å². The number of benzene rings is 1. The summed E-state index contributed by atoms with van der Waals surface area (Å²) in [6.45, 7) is -0.773. The van der Waals surface area contributed by atoms with Crippen molar-refractivity contribution in [2.75, 3.05) is 0 Å².